The number of carbonyl (C=O) groups excluding carboxylic acids is 1. The Balaban J connectivity index is 1.83. The van der Waals surface area contributed by atoms with Crippen LogP contribution in [0.1, 0.15) is 26.2 Å². The maximum absolute atomic E-state index is 13.0. The van der Waals surface area contributed by atoms with Gasteiger partial charge in [-0.3, -0.25) is 9.10 Å². The average molecular weight is 470 g/mol. The standard InChI is InChI=1S/C21H25Cl2N3O3S/c1-3-20(26(30(2,28)29)19-13-15(22)12-16(23)14-19)21(27)24-17-6-8-18(9-7-17)25-10-4-5-11-25/h6-9,12-14,20H,3-5,10-11H2,1-2H3,(H,24,27)/t20-/m0/s1. The van der Waals surface area contributed by atoms with Gasteiger partial charge in [-0.1, -0.05) is 30.1 Å². The van der Waals surface area contributed by atoms with Crippen molar-refractivity contribution in [1.29, 1.82) is 0 Å². The van der Waals surface area contributed by atoms with Gasteiger partial charge in [-0.05, 0) is 61.7 Å². The van der Waals surface area contributed by atoms with Crippen molar-refractivity contribution in [3.8, 4) is 0 Å². The molecule has 3 rings (SSSR count). The molecule has 0 bridgehead atoms. The van der Waals surface area contributed by atoms with Crippen LogP contribution in [0.5, 0.6) is 0 Å². The molecule has 2 aromatic rings. The van der Waals surface area contributed by atoms with Gasteiger partial charge in [0.25, 0.3) is 0 Å². The molecule has 0 radical (unpaired) electrons. The molecule has 1 aliphatic heterocycles. The minimum absolute atomic E-state index is 0.251. The molecule has 0 spiro atoms. The zero-order valence-corrected chi connectivity index (χ0v) is 19.3. The topological polar surface area (TPSA) is 69.7 Å². The summed E-state index contributed by atoms with van der Waals surface area (Å²) in [5, 5.41) is 3.41. The van der Waals surface area contributed by atoms with Gasteiger partial charge in [0.15, 0.2) is 0 Å². The van der Waals surface area contributed by atoms with E-state index in [4.69, 9.17) is 23.2 Å². The molecule has 6 nitrogen and oxygen atoms in total. The fourth-order valence-corrected chi connectivity index (χ4v) is 5.39. The van der Waals surface area contributed by atoms with Crippen molar-refractivity contribution in [2.45, 2.75) is 32.2 Å². The molecule has 0 aliphatic carbocycles. The van der Waals surface area contributed by atoms with Crippen LogP contribution in [0.25, 0.3) is 0 Å². The summed E-state index contributed by atoms with van der Waals surface area (Å²) in [6.07, 6.45) is 3.70. The van der Waals surface area contributed by atoms with Gasteiger partial charge in [-0.15, -0.1) is 0 Å². The summed E-state index contributed by atoms with van der Waals surface area (Å²) < 4.78 is 26.2. The van der Waals surface area contributed by atoms with E-state index in [1.807, 2.05) is 24.3 Å². The van der Waals surface area contributed by atoms with E-state index in [2.05, 4.69) is 10.2 Å². The largest absolute Gasteiger partial charge is 0.372 e. The second-order valence-electron chi connectivity index (χ2n) is 7.34. The molecule has 2 aromatic carbocycles. The van der Waals surface area contributed by atoms with E-state index in [-0.39, 0.29) is 12.1 Å². The van der Waals surface area contributed by atoms with Crippen molar-refractivity contribution in [1.82, 2.24) is 0 Å². The van der Waals surface area contributed by atoms with E-state index >= 15 is 0 Å². The van der Waals surface area contributed by atoms with Crippen molar-refractivity contribution in [2.75, 3.05) is 33.9 Å². The molecule has 1 aliphatic rings. The summed E-state index contributed by atoms with van der Waals surface area (Å²) in [6, 6.07) is 11.1. The van der Waals surface area contributed by atoms with E-state index in [0.717, 1.165) is 29.3 Å². The fraction of sp³-hybridized carbons (Fsp3) is 0.381. The van der Waals surface area contributed by atoms with E-state index < -0.39 is 22.0 Å². The molecule has 0 aromatic heterocycles. The highest BCUT2D eigenvalue weighted by atomic mass is 35.5. The smallest absolute Gasteiger partial charge is 0.248 e. The maximum Gasteiger partial charge on any atom is 0.248 e. The highest BCUT2D eigenvalue weighted by Crippen LogP contribution is 2.30. The van der Waals surface area contributed by atoms with E-state index in [0.29, 0.717) is 15.7 Å². The molecule has 1 amide bonds. The van der Waals surface area contributed by atoms with Gasteiger partial charge in [0.05, 0.1) is 11.9 Å². The van der Waals surface area contributed by atoms with Gasteiger partial charge in [0, 0.05) is 34.5 Å². The average Bonchev–Trinajstić information content (AvgIpc) is 3.19. The lowest BCUT2D eigenvalue weighted by Crippen LogP contribution is -2.47. The number of benzene rings is 2. The first-order valence-corrected chi connectivity index (χ1v) is 12.4. The van der Waals surface area contributed by atoms with Gasteiger partial charge in [-0.25, -0.2) is 8.42 Å². The quantitative estimate of drug-likeness (QED) is 0.633. The van der Waals surface area contributed by atoms with Gasteiger partial charge >= 0.3 is 0 Å². The molecule has 0 saturated carbocycles. The first-order chi connectivity index (χ1) is 14.2. The Morgan fingerprint density at radius 3 is 2.17 bits per heavy atom. The predicted octanol–water partition coefficient (Wildman–Crippen LogP) is 4.78. The third-order valence-electron chi connectivity index (χ3n) is 5.04. The Morgan fingerprint density at radius 1 is 1.10 bits per heavy atom. The van der Waals surface area contributed by atoms with E-state index in [1.54, 1.807) is 6.92 Å². The Morgan fingerprint density at radius 2 is 1.67 bits per heavy atom. The van der Waals surface area contributed by atoms with Gasteiger partial charge in [0.2, 0.25) is 15.9 Å². The Labute approximate surface area is 187 Å². The molecule has 1 fully saturated rings. The van der Waals surface area contributed by atoms with Crippen molar-refractivity contribution in [3.05, 3.63) is 52.5 Å². The molecular formula is C21H25Cl2N3O3S. The zero-order chi connectivity index (χ0) is 21.9. The Kier molecular flexibility index (Phi) is 7.16. The second kappa shape index (κ2) is 9.45. The molecule has 1 N–H and O–H groups in total. The molecule has 30 heavy (non-hydrogen) atoms. The minimum Gasteiger partial charge on any atom is -0.372 e. The Hall–Kier alpha value is -1.96. The summed E-state index contributed by atoms with van der Waals surface area (Å²) in [5.74, 6) is -0.423. The number of rotatable bonds is 7. The highest BCUT2D eigenvalue weighted by Gasteiger charge is 2.32. The minimum atomic E-state index is -3.77. The summed E-state index contributed by atoms with van der Waals surface area (Å²) >= 11 is 12.1. The number of nitrogens with one attached hydrogen (secondary N) is 1. The van der Waals surface area contributed by atoms with E-state index in [9.17, 15) is 13.2 Å². The zero-order valence-electron chi connectivity index (χ0n) is 16.9. The summed E-state index contributed by atoms with van der Waals surface area (Å²) in [7, 11) is -3.77. The van der Waals surface area contributed by atoms with E-state index in [1.165, 1.54) is 31.0 Å². The van der Waals surface area contributed by atoms with Gasteiger partial charge in [-0.2, -0.15) is 0 Å². The van der Waals surface area contributed by atoms with Crippen LogP contribution in [0.3, 0.4) is 0 Å². The highest BCUT2D eigenvalue weighted by molar-refractivity contribution is 7.92. The lowest BCUT2D eigenvalue weighted by molar-refractivity contribution is -0.117. The molecule has 1 atom stereocenters. The van der Waals surface area contributed by atoms with Crippen molar-refractivity contribution >= 4 is 56.2 Å². The molecular weight excluding hydrogens is 445 g/mol. The van der Waals surface area contributed by atoms with Crippen LogP contribution in [-0.4, -0.2) is 39.7 Å². The third-order valence-corrected chi connectivity index (χ3v) is 6.65. The molecule has 0 unspecified atom stereocenters. The van der Waals surface area contributed by atoms with Crippen LogP contribution >= 0.6 is 23.2 Å². The first-order valence-electron chi connectivity index (χ1n) is 9.80. The molecule has 162 valence electrons. The molecule has 1 heterocycles. The maximum atomic E-state index is 13.0. The first kappa shape index (κ1) is 22.7. The summed E-state index contributed by atoms with van der Waals surface area (Å²) in [6.45, 7) is 3.83. The number of hydrogen-bond donors (Lipinski definition) is 1. The third kappa shape index (κ3) is 5.39. The van der Waals surface area contributed by atoms with Crippen LogP contribution < -0.4 is 14.5 Å². The number of carbonyl (C=O) groups is 1. The van der Waals surface area contributed by atoms with Crippen molar-refractivity contribution in [3.63, 3.8) is 0 Å². The monoisotopic (exact) mass is 469 g/mol. The van der Waals surface area contributed by atoms with Crippen LogP contribution in [0.15, 0.2) is 42.5 Å². The van der Waals surface area contributed by atoms with Gasteiger partial charge in [0.1, 0.15) is 6.04 Å². The van der Waals surface area contributed by atoms with Crippen LogP contribution in [0.2, 0.25) is 10.0 Å². The number of nitrogens with zero attached hydrogens (tertiary/aromatic N) is 2. The number of hydrogen-bond acceptors (Lipinski definition) is 4. The number of amides is 1. The summed E-state index contributed by atoms with van der Waals surface area (Å²) in [5.41, 5.74) is 1.98. The normalized spacial score (nSPS) is 15.1. The Bertz CT molecular complexity index is 986. The van der Waals surface area contributed by atoms with Gasteiger partial charge < -0.3 is 10.2 Å². The van der Waals surface area contributed by atoms with Crippen molar-refractivity contribution in [2.24, 2.45) is 0 Å². The van der Waals surface area contributed by atoms with Crippen LogP contribution in [0, 0.1) is 0 Å². The molecule has 9 heteroatoms. The number of halogens is 2. The lowest BCUT2D eigenvalue weighted by atomic mass is 10.1. The fourth-order valence-electron chi connectivity index (χ4n) is 3.68. The van der Waals surface area contributed by atoms with Crippen molar-refractivity contribution < 1.29 is 13.2 Å². The van der Waals surface area contributed by atoms with Crippen LogP contribution in [0.4, 0.5) is 17.1 Å². The predicted molar refractivity (Wildman–Crippen MR) is 124 cm³/mol. The van der Waals surface area contributed by atoms with Crippen LogP contribution in [-0.2, 0) is 14.8 Å². The lowest BCUT2D eigenvalue weighted by Gasteiger charge is -2.30. The SMILES string of the molecule is CC[C@@H](C(=O)Nc1ccc(N2CCCC2)cc1)N(c1cc(Cl)cc(Cl)c1)S(C)(=O)=O. The number of anilines is 3. The number of sulfonamides is 1. The second-order valence-corrected chi connectivity index (χ2v) is 10.1. The molecule has 1 saturated heterocycles. The summed E-state index contributed by atoms with van der Waals surface area (Å²) in [4.78, 5) is 15.3.